The van der Waals surface area contributed by atoms with Gasteiger partial charge in [-0.3, -0.25) is 4.79 Å². The molecule has 3 nitrogen and oxygen atoms in total. The van der Waals surface area contributed by atoms with Gasteiger partial charge in [0.2, 0.25) is 5.91 Å². The molecule has 1 N–H and O–H groups in total. The minimum absolute atomic E-state index is 0.0427. The molecule has 1 atom stereocenters. The van der Waals surface area contributed by atoms with Crippen LogP contribution in [-0.4, -0.2) is 17.0 Å². The standard InChI is InChI=1S/C21H21FN2O/c22-19-10-6-9-18(15-19)20(24-13-4-5-14-24)16-21(25)23-12-11-17-7-2-1-3-8-17/h1-10,13-15,20H,11-12,16H2,(H,23,25)/t20-/m0/s1. The first kappa shape index (κ1) is 17.0. The van der Waals surface area contributed by atoms with Gasteiger partial charge in [0.25, 0.3) is 0 Å². The Balaban J connectivity index is 1.63. The fourth-order valence-electron chi connectivity index (χ4n) is 2.90. The van der Waals surface area contributed by atoms with Crippen LogP contribution in [0.15, 0.2) is 79.1 Å². The Kier molecular flexibility index (Phi) is 5.62. The normalized spacial score (nSPS) is 11.9. The summed E-state index contributed by atoms with van der Waals surface area (Å²) in [7, 11) is 0. The van der Waals surface area contributed by atoms with Crippen LogP contribution >= 0.6 is 0 Å². The SMILES string of the molecule is O=C(C[C@@H](c1cccc(F)c1)n1cccc1)NCCc1ccccc1. The van der Waals surface area contributed by atoms with Crippen LogP contribution in [0.4, 0.5) is 4.39 Å². The molecule has 128 valence electrons. The summed E-state index contributed by atoms with van der Waals surface area (Å²) in [4.78, 5) is 12.4. The van der Waals surface area contributed by atoms with Gasteiger partial charge in [0, 0.05) is 18.9 Å². The molecule has 0 fully saturated rings. The van der Waals surface area contributed by atoms with Crippen molar-refractivity contribution in [2.75, 3.05) is 6.54 Å². The van der Waals surface area contributed by atoms with E-state index in [0.29, 0.717) is 6.54 Å². The van der Waals surface area contributed by atoms with E-state index in [2.05, 4.69) is 5.32 Å². The molecule has 0 spiro atoms. The maximum Gasteiger partial charge on any atom is 0.222 e. The first-order valence-corrected chi connectivity index (χ1v) is 8.41. The van der Waals surface area contributed by atoms with Gasteiger partial charge in [0.1, 0.15) is 5.82 Å². The highest BCUT2D eigenvalue weighted by molar-refractivity contribution is 5.76. The number of halogens is 1. The molecule has 0 bridgehead atoms. The monoisotopic (exact) mass is 336 g/mol. The fraction of sp³-hybridized carbons (Fsp3) is 0.190. The third-order valence-electron chi connectivity index (χ3n) is 4.18. The number of carbonyl (C=O) groups is 1. The second-order valence-electron chi connectivity index (χ2n) is 5.99. The average Bonchev–Trinajstić information content (AvgIpc) is 3.15. The number of hydrogen-bond donors (Lipinski definition) is 1. The molecule has 0 aliphatic heterocycles. The van der Waals surface area contributed by atoms with E-state index in [1.165, 1.54) is 17.7 Å². The molecule has 3 rings (SSSR count). The molecule has 1 amide bonds. The van der Waals surface area contributed by atoms with Gasteiger partial charge >= 0.3 is 0 Å². The lowest BCUT2D eigenvalue weighted by Gasteiger charge is -2.19. The van der Waals surface area contributed by atoms with Gasteiger partial charge in [-0.2, -0.15) is 0 Å². The van der Waals surface area contributed by atoms with Crippen LogP contribution in [0, 0.1) is 5.82 Å². The summed E-state index contributed by atoms with van der Waals surface area (Å²) in [6.07, 6.45) is 4.85. The van der Waals surface area contributed by atoms with Crippen molar-refractivity contribution in [3.05, 3.63) is 96.1 Å². The molecule has 4 heteroatoms. The van der Waals surface area contributed by atoms with Gasteiger partial charge in [0.15, 0.2) is 0 Å². The van der Waals surface area contributed by atoms with Gasteiger partial charge in [0.05, 0.1) is 12.5 Å². The third-order valence-corrected chi connectivity index (χ3v) is 4.18. The largest absolute Gasteiger partial charge is 0.356 e. The van der Waals surface area contributed by atoms with Crippen molar-refractivity contribution in [3.63, 3.8) is 0 Å². The molecule has 0 saturated carbocycles. The fourth-order valence-corrected chi connectivity index (χ4v) is 2.90. The minimum Gasteiger partial charge on any atom is -0.356 e. The number of amides is 1. The second-order valence-corrected chi connectivity index (χ2v) is 5.99. The molecule has 25 heavy (non-hydrogen) atoms. The summed E-state index contributed by atoms with van der Waals surface area (Å²) >= 11 is 0. The van der Waals surface area contributed by atoms with E-state index in [9.17, 15) is 9.18 Å². The highest BCUT2D eigenvalue weighted by Crippen LogP contribution is 2.23. The van der Waals surface area contributed by atoms with E-state index in [1.807, 2.05) is 65.5 Å². The summed E-state index contributed by atoms with van der Waals surface area (Å²) in [5.41, 5.74) is 1.98. The van der Waals surface area contributed by atoms with Crippen molar-refractivity contribution >= 4 is 5.91 Å². The quantitative estimate of drug-likeness (QED) is 0.696. The molecular weight excluding hydrogens is 315 g/mol. The van der Waals surface area contributed by atoms with Crippen LogP contribution in [0.25, 0.3) is 0 Å². The van der Waals surface area contributed by atoms with Crippen molar-refractivity contribution in [2.45, 2.75) is 18.9 Å². The van der Waals surface area contributed by atoms with E-state index < -0.39 is 0 Å². The van der Waals surface area contributed by atoms with Crippen molar-refractivity contribution < 1.29 is 9.18 Å². The predicted octanol–water partition coefficient (Wildman–Crippen LogP) is 3.97. The van der Waals surface area contributed by atoms with Crippen molar-refractivity contribution in [2.24, 2.45) is 0 Å². The van der Waals surface area contributed by atoms with E-state index in [4.69, 9.17) is 0 Å². The van der Waals surface area contributed by atoms with Gasteiger partial charge < -0.3 is 9.88 Å². The van der Waals surface area contributed by atoms with Crippen molar-refractivity contribution in [1.29, 1.82) is 0 Å². The van der Waals surface area contributed by atoms with Crippen molar-refractivity contribution in [1.82, 2.24) is 9.88 Å². The van der Waals surface area contributed by atoms with Gasteiger partial charge in [-0.25, -0.2) is 4.39 Å². The third kappa shape index (κ3) is 4.80. The Hall–Kier alpha value is -2.88. The summed E-state index contributed by atoms with van der Waals surface area (Å²) in [5.74, 6) is -0.335. The molecule has 1 heterocycles. The lowest BCUT2D eigenvalue weighted by molar-refractivity contribution is -0.121. The van der Waals surface area contributed by atoms with Crippen LogP contribution in [0.2, 0.25) is 0 Å². The maximum absolute atomic E-state index is 13.6. The van der Waals surface area contributed by atoms with Crippen LogP contribution in [-0.2, 0) is 11.2 Å². The Morgan fingerprint density at radius 1 is 1.00 bits per heavy atom. The zero-order valence-electron chi connectivity index (χ0n) is 13.9. The number of rotatable bonds is 7. The number of nitrogens with zero attached hydrogens (tertiary/aromatic N) is 1. The first-order valence-electron chi connectivity index (χ1n) is 8.41. The van der Waals surface area contributed by atoms with Crippen LogP contribution in [0.1, 0.15) is 23.6 Å². The molecule has 0 radical (unpaired) electrons. The zero-order valence-corrected chi connectivity index (χ0v) is 13.9. The Morgan fingerprint density at radius 3 is 2.48 bits per heavy atom. The molecule has 3 aromatic rings. The Morgan fingerprint density at radius 2 is 1.76 bits per heavy atom. The van der Waals surface area contributed by atoms with Gasteiger partial charge in [-0.1, -0.05) is 42.5 Å². The molecule has 0 aliphatic carbocycles. The predicted molar refractivity (Wildman–Crippen MR) is 96.7 cm³/mol. The first-order chi connectivity index (χ1) is 12.2. The van der Waals surface area contributed by atoms with Crippen LogP contribution in [0.3, 0.4) is 0 Å². The molecule has 0 aliphatic rings. The Labute approximate surface area is 147 Å². The van der Waals surface area contributed by atoms with E-state index >= 15 is 0 Å². The number of aromatic nitrogens is 1. The number of nitrogens with one attached hydrogen (secondary N) is 1. The number of carbonyl (C=O) groups excluding carboxylic acids is 1. The van der Waals surface area contributed by atoms with E-state index in [0.717, 1.165) is 12.0 Å². The summed E-state index contributed by atoms with van der Waals surface area (Å²) in [6, 6.07) is 20.1. The van der Waals surface area contributed by atoms with E-state index in [1.54, 1.807) is 6.07 Å². The van der Waals surface area contributed by atoms with Crippen molar-refractivity contribution in [3.8, 4) is 0 Å². The number of hydrogen-bond acceptors (Lipinski definition) is 1. The minimum atomic E-state index is -0.292. The number of benzene rings is 2. The smallest absolute Gasteiger partial charge is 0.222 e. The summed E-state index contributed by atoms with van der Waals surface area (Å²) in [5, 5.41) is 2.96. The highest BCUT2D eigenvalue weighted by Gasteiger charge is 2.17. The average molecular weight is 336 g/mol. The summed E-state index contributed by atoms with van der Waals surface area (Å²) in [6.45, 7) is 0.588. The second kappa shape index (κ2) is 8.29. The van der Waals surface area contributed by atoms with Crippen LogP contribution < -0.4 is 5.32 Å². The molecule has 0 saturated heterocycles. The maximum atomic E-state index is 13.6. The molecule has 0 unspecified atom stereocenters. The molecule has 2 aromatic carbocycles. The lowest BCUT2D eigenvalue weighted by atomic mass is 10.0. The lowest BCUT2D eigenvalue weighted by Crippen LogP contribution is -2.28. The topological polar surface area (TPSA) is 34.0 Å². The van der Waals surface area contributed by atoms with Gasteiger partial charge in [-0.15, -0.1) is 0 Å². The molecular formula is C21H21FN2O. The molecule has 1 aromatic heterocycles. The van der Waals surface area contributed by atoms with Gasteiger partial charge in [-0.05, 0) is 41.8 Å². The van der Waals surface area contributed by atoms with Crippen LogP contribution in [0.5, 0.6) is 0 Å². The van der Waals surface area contributed by atoms with E-state index in [-0.39, 0.29) is 24.2 Å². The highest BCUT2D eigenvalue weighted by atomic mass is 19.1. The summed E-state index contributed by atoms with van der Waals surface area (Å²) < 4.78 is 15.5. The zero-order chi connectivity index (χ0) is 17.5. The Bertz CT molecular complexity index is 800.